The van der Waals surface area contributed by atoms with Crippen LogP contribution in [0.4, 0.5) is 13.2 Å². The molecule has 0 aliphatic heterocycles. The van der Waals surface area contributed by atoms with Crippen LogP contribution in [0.2, 0.25) is 0 Å². The van der Waals surface area contributed by atoms with Crippen LogP contribution in [0.15, 0.2) is 48.5 Å². The first-order valence-electron chi connectivity index (χ1n) is 11.3. The summed E-state index contributed by atoms with van der Waals surface area (Å²) in [6.45, 7) is 2.29. The van der Waals surface area contributed by atoms with E-state index in [0.717, 1.165) is 45.1 Å². The van der Waals surface area contributed by atoms with E-state index in [1.807, 2.05) is 18.2 Å². The van der Waals surface area contributed by atoms with Gasteiger partial charge in [0.25, 0.3) is 0 Å². The monoisotopic (exact) mass is 536 g/mol. The summed E-state index contributed by atoms with van der Waals surface area (Å²) in [4.78, 5) is 0. The molecule has 164 valence electrons. The summed E-state index contributed by atoms with van der Waals surface area (Å²) in [5, 5.41) is 2.13. The minimum absolute atomic E-state index is 0.342. The van der Waals surface area contributed by atoms with E-state index in [0.29, 0.717) is 11.1 Å². The highest BCUT2D eigenvalue weighted by Crippen LogP contribution is 2.37. The molecular weight excluding hydrogens is 508 g/mol. The summed E-state index contributed by atoms with van der Waals surface area (Å²) < 4.78 is 41.3. The van der Waals surface area contributed by atoms with Crippen molar-refractivity contribution in [1.29, 1.82) is 0 Å². The van der Waals surface area contributed by atoms with Gasteiger partial charge in [-0.15, -0.1) is 0 Å². The molecule has 31 heavy (non-hydrogen) atoms. The maximum atomic E-state index is 13.6. The lowest BCUT2D eigenvalue weighted by Crippen LogP contribution is -2.21. The van der Waals surface area contributed by atoms with Gasteiger partial charge in [0.15, 0.2) is 17.5 Å². The molecule has 1 unspecified atom stereocenters. The summed E-state index contributed by atoms with van der Waals surface area (Å²) in [5.74, 6) is -2.02. The Kier molecular flexibility index (Phi) is 7.25. The first kappa shape index (κ1) is 22.6. The second kappa shape index (κ2) is 9.93. The number of hydrogen-bond acceptors (Lipinski definition) is 0. The predicted molar refractivity (Wildman–Crippen MR) is 131 cm³/mol. The Morgan fingerprint density at radius 2 is 1.48 bits per heavy atom. The van der Waals surface area contributed by atoms with E-state index in [-0.39, 0.29) is 0 Å². The van der Waals surface area contributed by atoms with E-state index in [9.17, 15) is 13.2 Å². The maximum absolute atomic E-state index is 13.6. The maximum Gasteiger partial charge on any atom is 0.194 e. The van der Waals surface area contributed by atoms with Crippen molar-refractivity contribution in [3.63, 3.8) is 0 Å². The zero-order valence-electron chi connectivity index (χ0n) is 17.8. The number of halogens is 4. The number of fused-ring (bicyclic) bond motifs is 1. The summed E-state index contributed by atoms with van der Waals surface area (Å²) in [6.07, 6.45) is 9.05. The van der Waals surface area contributed by atoms with Crippen molar-refractivity contribution in [2.45, 2.75) is 55.8 Å². The fraction of sp³-hybridized carbons (Fsp3) is 0.407. The second-order valence-electron chi connectivity index (χ2n) is 8.89. The molecule has 1 aliphatic rings. The van der Waals surface area contributed by atoms with Gasteiger partial charge in [-0.1, -0.05) is 72.7 Å². The van der Waals surface area contributed by atoms with Gasteiger partial charge in [0.05, 0.1) is 0 Å². The van der Waals surface area contributed by atoms with E-state index in [1.54, 1.807) is 0 Å². The molecule has 0 N–H and O–H groups in total. The molecule has 1 saturated carbocycles. The Hall–Kier alpha value is -1.56. The lowest BCUT2D eigenvalue weighted by molar-refractivity contribution is 0.261. The minimum Gasteiger partial charge on any atom is -0.204 e. The van der Waals surface area contributed by atoms with Gasteiger partial charge in [0, 0.05) is 3.92 Å². The Balaban J connectivity index is 1.42. The normalized spacial score (nSPS) is 20.2. The summed E-state index contributed by atoms with van der Waals surface area (Å²) in [7, 11) is 0. The summed E-state index contributed by atoms with van der Waals surface area (Å²) in [5.41, 5.74) is 2.35. The Bertz CT molecular complexity index is 1030. The van der Waals surface area contributed by atoms with Gasteiger partial charge >= 0.3 is 0 Å². The van der Waals surface area contributed by atoms with Crippen LogP contribution in [0.1, 0.15) is 51.0 Å². The van der Waals surface area contributed by atoms with Gasteiger partial charge < -0.3 is 0 Å². The molecule has 0 spiro atoms. The van der Waals surface area contributed by atoms with Crippen molar-refractivity contribution in [2.24, 2.45) is 11.8 Å². The first-order chi connectivity index (χ1) is 14.9. The average molecular weight is 536 g/mol. The van der Waals surface area contributed by atoms with Gasteiger partial charge in [0.2, 0.25) is 0 Å². The molecule has 0 bridgehead atoms. The van der Waals surface area contributed by atoms with Gasteiger partial charge in [-0.05, 0) is 89.6 Å². The van der Waals surface area contributed by atoms with Crippen LogP contribution in [0, 0.1) is 29.3 Å². The Morgan fingerprint density at radius 1 is 0.839 bits per heavy atom. The molecule has 1 atom stereocenters. The molecule has 4 heteroatoms. The summed E-state index contributed by atoms with van der Waals surface area (Å²) >= 11 is 2.63. The van der Waals surface area contributed by atoms with Crippen molar-refractivity contribution >= 4 is 33.4 Å². The molecule has 4 rings (SSSR count). The van der Waals surface area contributed by atoms with Crippen molar-refractivity contribution in [1.82, 2.24) is 0 Å². The molecule has 0 radical (unpaired) electrons. The number of rotatable bonds is 6. The van der Waals surface area contributed by atoms with E-state index < -0.39 is 17.5 Å². The highest BCUT2D eigenvalue weighted by atomic mass is 127. The van der Waals surface area contributed by atoms with Crippen molar-refractivity contribution in [3.8, 4) is 11.1 Å². The van der Waals surface area contributed by atoms with Crippen LogP contribution in [-0.2, 0) is 6.42 Å². The fourth-order valence-electron chi connectivity index (χ4n) is 4.90. The number of alkyl halides is 1. The van der Waals surface area contributed by atoms with Crippen molar-refractivity contribution < 1.29 is 13.2 Å². The lowest BCUT2D eigenvalue weighted by atomic mass is 9.78. The fourth-order valence-corrected chi connectivity index (χ4v) is 5.61. The number of benzene rings is 3. The summed E-state index contributed by atoms with van der Waals surface area (Å²) in [6, 6.07) is 14.3. The largest absolute Gasteiger partial charge is 0.204 e. The third kappa shape index (κ3) is 5.27. The van der Waals surface area contributed by atoms with Crippen LogP contribution in [-0.4, -0.2) is 3.92 Å². The minimum atomic E-state index is -1.43. The standard InChI is InChI=1S/C27H28F3I/c1-2-26(31)19-8-5-17(6-9-19)3-4-18-7-10-21-14-22(12-11-20(21)13-18)23-15-24(28)27(30)25(29)16-23/h7,10-17,19,26H,2-6,8-9H2,1H3. The van der Waals surface area contributed by atoms with Gasteiger partial charge in [-0.3, -0.25) is 0 Å². The molecule has 3 aromatic carbocycles. The third-order valence-electron chi connectivity index (χ3n) is 6.86. The molecule has 0 nitrogen and oxygen atoms in total. The van der Waals surface area contributed by atoms with Crippen molar-refractivity contribution in [3.05, 3.63) is 71.5 Å². The molecule has 1 aliphatic carbocycles. The van der Waals surface area contributed by atoms with Crippen LogP contribution in [0.25, 0.3) is 21.9 Å². The predicted octanol–water partition coefficient (Wildman–Crippen LogP) is 8.88. The highest BCUT2D eigenvalue weighted by Gasteiger charge is 2.25. The third-order valence-corrected chi connectivity index (χ3v) is 8.75. The SMILES string of the molecule is CCC(I)C1CCC(CCc2ccc3cc(-c4cc(F)c(F)c(F)c4)ccc3c2)CC1. The van der Waals surface area contributed by atoms with Crippen LogP contribution < -0.4 is 0 Å². The number of aryl methyl sites for hydroxylation is 1. The van der Waals surface area contributed by atoms with E-state index in [1.165, 1.54) is 44.1 Å². The van der Waals surface area contributed by atoms with E-state index >= 15 is 0 Å². The molecule has 3 aromatic rings. The van der Waals surface area contributed by atoms with E-state index in [2.05, 4.69) is 47.7 Å². The quantitative estimate of drug-likeness (QED) is 0.168. The molecule has 0 saturated heterocycles. The molecule has 1 fully saturated rings. The van der Waals surface area contributed by atoms with Crippen LogP contribution in [0.3, 0.4) is 0 Å². The Labute approximate surface area is 196 Å². The van der Waals surface area contributed by atoms with Gasteiger partial charge in [-0.25, -0.2) is 13.2 Å². The Morgan fingerprint density at radius 3 is 2.16 bits per heavy atom. The molecule has 0 aromatic heterocycles. The van der Waals surface area contributed by atoms with E-state index in [4.69, 9.17) is 0 Å². The zero-order valence-corrected chi connectivity index (χ0v) is 20.0. The highest BCUT2D eigenvalue weighted by molar-refractivity contribution is 14.1. The van der Waals surface area contributed by atoms with Crippen LogP contribution >= 0.6 is 22.6 Å². The molecule has 0 amide bonds. The van der Waals surface area contributed by atoms with Crippen molar-refractivity contribution in [2.75, 3.05) is 0 Å². The van der Waals surface area contributed by atoms with Gasteiger partial charge in [-0.2, -0.15) is 0 Å². The lowest BCUT2D eigenvalue weighted by Gasteiger charge is -2.31. The zero-order chi connectivity index (χ0) is 22.0. The average Bonchev–Trinajstić information content (AvgIpc) is 2.80. The topological polar surface area (TPSA) is 0 Å². The number of hydrogen-bond donors (Lipinski definition) is 0. The molecular formula is C27H28F3I. The second-order valence-corrected chi connectivity index (χ2v) is 10.5. The molecule has 0 heterocycles. The van der Waals surface area contributed by atoms with Crippen LogP contribution in [0.5, 0.6) is 0 Å². The smallest absolute Gasteiger partial charge is 0.194 e. The van der Waals surface area contributed by atoms with Gasteiger partial charge in [0.1, 0.15) is 0 Å². The first-order valence-corrected chi connectivity index (χ1v) is 12.5.